The Kier molecular flexibility index (Phi) is 7.52. The van der Waals surface area contributed by atoms with Gasteiger partial charge in [-0.2, -0.15) is 0 Å². The van der Waals surface area contributed by atoms with Crippen LogP contribution in [0.15, 0.2) is 36.4 Å². The third-order valence-corrected chi connectivity index (χ3v) is 5.82. The molecule has 1 saturated heterocycles. The van der Waals surface area contributed by atoms with Crippen LogP contribution >= 0.6 is 34.8 Å². The number of hydrogen-bond donors (Lipinski definition) is 1. The van der Waals surface area contributed by atoms with Gasteiger partial charge >= 0.3 is 0 Å². The maximum atomic E-state index is 12.8. The SMILES string of the molecule is CCOc1ccccc1N1CCN([C@H](C)C(=O)Nc2c(Cl)cc(Cl)cc2Cl)CC1. The van der Waals surface area contributed by atoms with Gasteiger partial charge in [0.15, 0.2) is 0 Å². The number of amides is 1. The molecule has 1 N–H and O–H groups in total. The summed E-state index contributed by atoms with van der Waals surface area (Å²) in [6.07, 6.45) is 0. The number of nitrogens with zero attached hydrogens (tertiary/aromatic N) is 2. The molecule has 0 bridgehead atoms. The highest BCUT2D eigenvalue weighted by atomic mass is 35.5. The minimum absolute atomic E-state index is 0.153. The van der Waals surface area contributed by atoms with Crippen molar-refractivity contribution >= 4 is 52.1 Å². The van der Waals surface area contributed by atoms with Gasteiger partial charge in [-0.15, -0.1) is 0 Å². The summed E-state index contributed by atoms with van der Waals surface area (Å²) < 4.78 is 5.75. The summed E-state index contributed by atoms with van der Waals surface area (Å²) >= 11 is 18.3. The molecule has 29 heavy (non-hydrogen) atoms. The standard InChI is InChI=1S/C21H24Cl3N3O2/c1-3-29-19-7-5-4-6-18(19)27-10-8-26(9-11-27)14(2)21(28)25-20-16(23)12-15(22)13-17(20)24/h4-7,12-14H,3,8-11H2,1-2H3,(H,25,28)/t14-/m1/s1. The highest BCUT2D eigenvalue weighted by Crippen LogP contribution is 2.34. The van der Waals surface area contributed by atoms with E-state index < -0.39 is 0 Å². The third kappa shape index (κ3) is 5.28. The van der Waals surface area contributed by atoms with Crippen molar-refractivity contribution in [2.75, 3.05) is 43.0 Å². The second-order valence-corrected chi connectivity index (χ2v) is 8.08. The zero-order chi connectivity index (χ0) is 21.0. The predicted octanol–water partition coefficient (Wildman–Crippen LogP) is 5.19. The van der Waals surface area contributed by atoms with Crippen LogP contribution in [0.3, 0.4) is 0 Å². The highest BCUT2D eigenvalue weighted by molar-refractivity contribution is 6.42. The van der Waals surface area contributed by atoms with Gasteiger partial charge in [0.1, 0.15) is 5.75 Å². The molecule has 1 aliphatic rings. The largest absolute Gasteiger partial charge is 0.492 e. The molecule has 1 amide bonds. The van der Waals surface area contributed by atoms with Gasteiger partial charge in [-0.25, -0.2) is 0 Å². The van der Waals surface area contributed by atoms with E-state index in [2.05, 4.69) is 21.2 Å². The predicted molar refractivity (Wildman–Crippen MR) is 121 cm³/mol. The van der Waals surface area contributed by atoms with Gasteiger partial charge in [-0.05, 0) is 38.1 Å². The van der Waals surface area contributed by atoms with E-state index in [1.807, 2.05) is 32.0 Å². The molecule has 1 atom stereocenters. The highest BCUT2D eigenvalue weighted by Gasteiger charge is 2.27. The molecule has 156 valence electrons. The van der Waals surface area contributed by atoms with Gasteiger partial charge in [0.2, 0.25) is 5.91 Å². The van der Waals surface area contributed by atoms with Crippen molar-refractivity contribution in [3.8, 4) is 5.75 Å². The molecule has 2 aromatic carbocycles. The lowest BCUT2D eigenvalue weighted by Crippen LogP contribution is -2.53. The molecular weight excluding hydrogens is 433 g/mol. The number of anilines is 2. The molecule has 1 heterocycles. The summed E-state index contributed by atoms with van der Waals surface area (Å²) in [5, 5.41) is 3.90. The van der Waals surface area contributed by atoms with Crippen LogP contribution in [-0.2, 0) is 4.79 Å². The van der Waals surface area contributed by atoms with Gasteiger partial charge in [-0.1, -0.05) is 46.9 Å². The first-order valence-corrected chi connectivity index (χ1v) is 10.7. The molecule has 1 aliphatic heterocycles. The Morgan fingerprint density at radius 3 is 2.34 bits per heavy atom. The van der Waals surface area contributed by atoms with E-state index in [0.29, 0.717) is 27.4 Å². The van der Waals surface area contributed by atoms with Crippen LogP contribution in [0, 0.1) is 0 Å². The molecule has 0 radical (unpaired) electrons. The number of carbonyl (C=O) groups excluding carboxylic acids is 1. The molecule has 5 nitrogen and oxygen atoms in total. The number of ether oxygens (including phenoxy) is 1. The molecule has 1 fully saturated rings. The fraction of sp³-hybridized carbons (Fsp3) is 0.381. The minimum Gasteiger partial charge on any atom is -0.492 e. The smallest absolute Gasteiger partial charge is 0.241 e. The van der Waals surface area contributed by atoms with Gasteiger partial charge < -0.3 is 15.0 Å². The van der Waals surface area contributed by atoms with Gasteiger partial charge in [0.25, 0.3) is 0 Å². The van der Waals surface area contributed by atoms with Crippen molar-refractivity contribution in [3.63, 3.8) is 0 Å². The zero-order valence-electron chi connectivity index (χ0n) is 16.4. The van der Waals surface area contributed by atoms with Crippen LogP contribution in [0.2, 0.25) is 15.1 Å². The summed E-state index contributed by atoms with van der Waals surface area (Å²) in [5.74, 6) is 0.737. The average molecular weight is 457 g/mol. The molecular formula is C21H24Cl3N3O2. The van der Waals surface area contributed by atoms with Gasteiger partial charge in [-0.3, -0.25) is 9.69 Å². The summed E-state index contributed by atoms with van der Waals surface area (Å²) in [7, 11) is 0. The van der Waals surface area contributed by atoms with Crippen LogP contribution < -0.4 is 15.0 Å². The Labute approximate surface area is 186 Å². The number of piperazine rings is 1. The Morgan fingerprint density at radius 1 is 1.10 bits per heavy atom. The molecule has 0 aliphatic carbocycles. The van der Waals surface area contributed by atoms with Crippen molar-refractivity contribution < 1.29 is 9.53 Å². The number of para-hydroxylation sites is 2. The first-order chi connectivity index (χ1) is 13.9. The van der Waals surface area contributed by atoms with Crippen LogP contribution in [0.25, 0.3) is 0 Å². The maximum Gasteiger partial charge on any atom is 0.241 e. The Bertz CT molecular complexity index is 847. The second kappa shape index (κ2) is 9.90. The number of benzene rings is 2. The molecule has 2 aromatic rings. The van der Waals surface area contributed by atoms with E-state index >= 15 is 0 Å². The van der Waals surface area contributed by atoms with E-state index in [0.717, 1.165) is 37.6 Å². The normalized spacial score (nSPS) is 15.8. The summed E-state index contributed by atoms with van der Waals surface area (Å²) in [4.78, 5) is 17.2. The Morgan fingerprint density at radius 2 is 1.72 bits per heavy atom. The van der Waals surface area contributed by atoms with E-state index in [9.17, 15) is 4.79 Å². The fourth-order valence-corrected chi connectivity index (χ4v) is 4.31. The van der Waals surface area contributed by atoms with Crippen LogP contribution in [-0.4, -0.2) is 49.6 Å². The third-order valence-electron chi connectivity index (χ3n) is 5.00. The molecule has 0 unspecified atom stereocenters. The fourth-order valence-electron chi connectivity index (χ4n) is 3.40. The molecule has 0 spiro atoms. The van der Waals surface area contributed by atoms with Crippen molar-refractivity contribution in [1.29, 1.82) is 0 Å². The number of hydrogen-bond acceptors (Lipinski definition) is 4. The Balaban J connectivity index is 1.62. The Hall–Kier alpha value is -1.66. The molecule has 8 heteroatoms. The second-order valence-electron chi connectivity index (χ2n) is 6.83. The van der Waals surface area contributed by atoms with Crippen molar-refractivity contribution in [2.24, 2.45) is 0 Å². The quantitative estimate of drug-likeness (QED) is 0.649. The van der Waals surface area contributed by atoms with Gasteiger partial charge in [0, 0.05) is 31.2 Å². The van der Waals surface area contributed by atoms with Gasteiger partial charge in [0.05, 0.1) is 34.1 Å². The van der Waals surface area contributed by atoms with Crippen LogP contribution in [0.4, 0.5) is 11.4 Å². The van der Waals surface area contributed by atoms with Crippen LogP contribution in [0.5, 0.6) is 5.75 Å². The first-order valence-electron chi connectivity index (χ1n) is 9.57. The monoisotopic (exact) mass is 455 g/mol. The first kappa shape index (κ1) is 22.0. The maximum absolute atomic E-state index is 12.8. The van der Waals surface area contributed by atoms with E-state index in [1.165, 1.54) is 0 Å². The van der Waals surface area contributed by atoms with Crippen molar-refractivity contribution in [2.45, 2.75) is 19.9 Å². The van der Waals surface area contributed by atoms with Crippen LogP contribution in [0.1, 0.15) is 13.8 Å². The van der Waals surface area contributed by atoms with E-state index in [4.69, 9.17) is 39.5 Å². The molecule has 0 aromatic heterocycles. The topological polar surface area (TPSA) is 44.8 Å². The van der Waals surface area contributed by atoms with Crippen molar-refractivity contribution in [3.05, 3.63) is 51.5 Å². The van der Waals surface area contributed by atoms with E-state index in [1.54, 1.807) is 12.1 Å². The number of carbonyl (C=O) groups is 1. The summed E-state index contributed by atoms with van der Waals surface area (Å²) in [6.45, 7) is 7.64. The van der Waals surface area contributed by atoms with Crippen molar-refractivity contribution in [1.82, 2.24) is 4.90 Å². The lowest BCUT2D eigenvalue weighted by atomic mass is 10.2. The molecule has 0 saturated carbocycles. The average Bonchev–Trinajstić information content (AvgIpc) is 2.71. The number of nitrogens with one attached hydrogen (secondary N) is 1. The molecule has 3 rings (SSSR count). The van der Waals surface area contributed by atoms with E-state index in [-0.39, 0.29) is 11.9 Å². The zero-order valence-corrected chi connectivity index (χ0v) is 18.7. The lowest BCUT2D eigenvalue weighted by molar-refractivity contribution is -0.120. The number of rotatable bonds is 6. The minimum atomic E-state index is -0.318. The number of halogens is 3. The summed E-state index contributed by atoms with van der Waals surface area (Å²) in [5.41, 5.74) is 1.48. The summed E-state index contributed by atoms with van der Waals surface area (Å²) in [6, 6.07) is 10.8. The lowest BCUT2D eigenvalue weighted by Gasteiger charge is -2.39.